The van der Waals surface area contributed by atoms with Crippen LogP contribution >= 0.6 is 11.6 Å². The summed E-state index contributed by atoms with van der Waals surface area (Å²) in [6, 6.07) is 1.66. The van der Waals surface area contributed by atoms with Crippen LogP contribution in [-0.4, -0.2) is 72.7 Å². The number of anilines is 2. The van der Waals surface area contributed by atoms with Gasteiger partial charge >= 0.3 is 0 Å². The van der Waals surface area contributed by atoms with Crippen molar-refractivity contribution in [2.45, 2.75) is 25.7 Å². The molecule has 12 heteroatoms. The van der Waals surface area contributed by atoms with E-state index in [1.807, 2.05) is 0 Å². The molecule has 2 aromatic rings. The highest BCUT2D eigenvalue weighted by atomic mass is 35.5. The van der Waals surface area contributed by atoms with Crippen LogP contribution in [0.3, 0.4) is 0 Å². The number of amides is 1. The first kappa shape index (κ1) is 24.8. The summed E-state index contributed by atoms with van der Waals surface area (Å²) in [6.07, 6.45) is 9.17. The number of halogens is 1. The molecule has 1 unspecified atom stereocenters. The minimum atomic E-state index is -3.34. The highest BCUT2D eigenvalue weighted by Crippen LogP contribution is 2.29. The summed E-state index contributed by atoms with van der Waals surface area (Å²) >= 11 is 6.39. The van der Waals surface area contributed by atoms with Crippen molar-refractivity contribution < 1.29 is 17.9 Å². The summed E-state index contributed by atoms with van der Waals surface area (Å²) in [7, 11) is -3.34. The summed E-state index contributed by atoms with van der Waals surface area (Å²) in [5.74, 6) is 0.784. The fraction of sp³-hybridized carbons (Fsp3) is 0.545. The molecule has 2 saturated heterocycles. The molecular weight excluding hydrogens is 480 g/mol. The fourth-order valence-electron chi connectivity index (χ4n) is 4.17. The van der Waals surface area contributed by atoms with Crippen molar-refractivity contribution in [3.63, 3.8) is 0 Å². The zero-order chi connectivity index (χ0) is 24.1. The Morgan fingerprint density at radius 3 is 2.76 bits per heavy atom. The third-order valence-corrected chi connectivity index (χ3v) is 7.72. The van der Waals surface area contributed by atoms with E-state index in [4.69, 9.17) is 16.3 Å². The van der Waals surface area contributed by atoms with Crippen LogP contribution in [0.1, 0.15) is 25.7 Å². The Balaban J connectivity index is 1.44. The number of sulfonamides is 1. The molecule has 0 radical (unpaired) electrons. The average Bonchev–Trinajstić information content (AvgIpc) is 2.84. The van der Waals surface area contributed by atoms with Gasteiger partial charge in [-0.15, -0.1) is 0 Å². The molecule has 184 valence electrons. The minimum absolute atomic E-state index is 0.164. The van der Waals surface area contributed by atoms with E-state index in [-0.39, 0.29) is 12.5 Å². The van der Waals surface area contributed by atoms with E-state index < -0.39 is 15.9 Å². The third kappa shape index (κ3) is 6.41. The molecular formula is C22H29ClN6O4S. The topological polar surface area (TPSA) is 126 Å². The molecule has 0 saturated carbocycles. The van der Waals surface area contributed by atoms with Crippen molar-refractivity contribution >= 4 is 39.2 Å². The second-order valence-electron chi connectivity index (χ2n) is 8.73. The third-order valence-electron chi connectivity index (χ3n) is 6.15. The van der Waals surface area contributed by atoms with Gasteiger partial charge in [0, 0.05) is 44.6 Å². The lowest BCUT2D eigenvalue weighted by molar-refractivity contribution is -0.120. The van der Waals surface area contributed by atoms with Crippen molar-refractivity contribution in [2.75, 3.05) is 49.7 Å². The Hall–Kier alpha value is -2.34. The van der Waals surface area contributed by atoms with E-state index in [9.17, 15) is 13.2 Å². The molecule has 2 aromatic heterocycles. The second-order valence-corrected chi connectivity index (χ2v) is 11.1. The molecule has 1 amide bonds. The van der Waals surface area contributed by atoms with Gasteiger partial charge in [0.15, 0.2) is 0 Å². The summed E-state index contributed by atoms with van der Waals surface area (Å²) in [4.78, 5) is 25.9. The van der Waals surface area contributed by atoms with Crippen LogP contribution in [-0.2, 0) is 19.6 Å². The number of nitrogens with one attached hydrogen (secondary N) is 2. The molecule has 2 N–H and O–H groups in total. The standard InChI is InChI=1S/C22H29ClN6O4S/c1-34(31,32)29-6-2-3-16(14-29)22(30)28-20-9-17(18(23)11-26-20)19-12-24-13-21(27-19)25-10-15-4-7-33-8-5-15/h9,11-13,15-16H,2-8,10,14H2,1H3,(H,25,27)(H,26,28,30). The number of pyridine rings is 1. The number of carbonyl (C=O) groups is 1. The molecule has 0 bridgehead atoms. The van der Waals surface area contributed by atoms with Gasteiger partial charge in [-0.1, -0.05) is 11.6 Å². The number of carbonyl (C=O) groups excluding carboxylic acids is 1. The van der Waals surface area contributed by atoms with Gasteiger partial charge in [0.2, 0.25) is 15.9 Å². The maximum atomic E-state index is 12.8. The number of piperidine rings is 1. The van der Waals surface area contributed by atoms with E-state index >= 15 is 0 Å². The first-order valence-electron chi connectivity index (χ1n) is 11.3. The number of aromatic nitrogens is 3. The predicted octanol–water partition coefficient (Wildman–Crippen LogP) is 2.64. The highest BCUT2D eigenvalue weighted by molar-refractivity contribution is 7.88. The molecule has 4 heterocycles. The quantitative estimate of drug-likeness (QED) is 0.584. The number of hydrogen-bond acceptors (Lipinski definition) is 8. The van der Waals surface area contributed by atoms with Crippen LogP contribution in [0.4, 0.5) is 11.6 Å². The van der Waals surface area contributed by atoms with Crippen LogP contribution in [0, 0.1) is 11.8 Å². The molecule has 2 fully saturated rings. The zero-order valence-electron chi connectivity index (χ0n) is 19.0. The van der Waals surface area contributed by atoms with Gasteiger partial charge < -0.3 is 15.4 Å². The van der Waals surface area contributed by atoms with Crippen molar-refractivity contribution in [1.82, 2.24) is 19.3 Å². The summed E-state index contributed by atoms with van der Waals surface area (Å²) in [6.45, 7) is 2.96. The van der Waals surface area contributed by atoms with Gasteiger partial charge in [-0.3, -0.25) is 9.78 Å². The number of rotatable bonds is 7. The van der Waals surface area contributed by atoms with E-state index in [0.29, 0.717) is 53.2 Å². The van der Waals surface area contributed by atoms with Gasteiger partial charge in [-0.05, 0) is 37.7 Å². The summed E-state index contributed by atoms with van der Waals surface area (Å²) < 4.78 is 30.5. The largest absolute Gasteiger partial charge is 0.381 e. The lowest BCUT2D eigenvalue weighted by Gasteiger charge is -2.30. The zero-order valence-corrected chi connectivity index (χ0v) is 20.6. The second kappa shape index (κ2) is 10.9. The van der Waals surface area contributed by atoms with Crippen molar-refractivity contribution in [2.24, 2.45) is 11.8 Å². The molecule has 0 aliphatic carbocycles. The average molecular weight is 509 g/mol. The van der Waals surface area contributed by atoms with Crippen molar-refractivity contribution in [3.05, 3.63) is 29.7 Å². The molecule has 0 spiro atoms. The maximum Gasteiger partial charge on any atom is 0.229 e. The summed E-state index contributed by atoms with van der Waals surface area (Å²) in [5, 5.41) is 6.52. The Morgan fingerprint density at radius 2 is 2.00 bits per heavy atom. The molecule has 2 aliphatic rings. The van der Waals surface area contributed by atoms with Gasteiger partial charge in [0.05, 0.1) is 35.3 Å². The van der Waals surface area contributed by atoms with Crippen LogP contribution in [0.25, 0.3) is 11.3 Å². The van der Waals surface area contributed by atoms with E-state index in [0.717, 1.165) is 38.9 Å². The number of nitrogens with zero attached hydrogens (tertiary/aromatic N) is 4. The molecule has 1 atom stereocenters. The minimum Gasteiger partial charge on any atom is -0.381 e. The maximum absolute atomic E-state index is 12.8. The lowest BCUT2D eigenvalue weighted by Crippen LogP contribution is -2.43. The van der Waals surface area contributed by atoms with Crippen LogP contribution < -0.4 is 10.6 Å². The van der Waals surface area contributed by atoms with E-state index in [1.165, 1.54) is 10.5 Å². The van der Waals surface area contributed by atoms with Gasteiger partial charge in [0.1, 0.15) is 11.6 Å². The molecule has 4 rings (SSSR count). The molecule has 34 heavy (non-hydrogen) atoms. The van der Waals surface area contributed by atoms with Crippen LogP contribution in [0.15, 0.2) is 24.7 Å². The van der Waals surface area contributed by atoms with Crippen LogP contribution in [0.5, 0.6) is 0 Å². The smallest absolute Gasteiger partial charge is 0.229 e. The first-order valence-corrected chi connectivity index (χ1v) is 13.6. The monoisotopic (exact) mass is 508 g/mol. The Labute approximate surface area is 204 Å². The Morgan fingerprint density at radius 1 is 1.21 bits per heavy atom. The van der Waals surface area contributed by atoms with E-state index in [2.05, 4.69) is 25.6 Å². The van der Waals surface area contributed by atoms with Crippen molar-refractivity contribution in [3.8, 4) is 11.3 Å². The van der Waals surface area contributed by atoms with Gasteiger partial charge in [0.25, 0.3) is 0 Å². The molecule has 0 aromatic carbocycles. The predicted molar refractivity (Wildman–Crippen MR) is 130 cm³/mol. The molecule has 2 aliphatic heterocycles. The number of hydrogen-bond donors (Lipinski definition) is 2. The summed E-state index contributed by atoms with van der Waals surface area (Å²) in [5.41, 5.74) is 1.15. The number of ether oxygens (including phenoxy) is 1. The SMILES string of the molecule is CS(=O)(=O)N1CCCC(C(=O)Nc2cc(-c3cncc(NCC4CCOCC4)n3)c(Cl)cn2)C1. The molecule has 10 nitrogen and oxygen atoms in total. The van der Waals surface area contributed by atoms with Crippen molar-refractivity contribution in [1.29, 1.82) is 0 Å². The highest BCUT2D eigenvalue weighted by Gasteiger charge is 2.30. The Bertz CT molecular complexity index is 1130. The van der Waals surface area contributed by atoms with E-state index in [1.54, 1.807) is 18.5 Å². The van der Waals surface area contributed by atoms with Gasteiger partial charge in [-0.25, -0.2) is 22.7 Å². The van der Waals surface area contributed by atoms with Gasteiger partial charge in [-0.2, -0.15) is 0 Å². The fourth-order valence-corrected chi connectivity index (χ4v) is 5.28. The first-order chi connectivity index (χ1) is 16.3. The van der Waals surface area contributed by atoms with Crippen LogP contribution in [0.2, 0.25) is 5.02 Å². The normalized spacial score (nSPS) is 20.1. The Kier molecular flexibility index (Phi) is 7.97. The lowest BCUT2D eigenvalue weighted by atomic mass is 9.99.